The molecule has 34 heavy (non-hydrogen) atoms. The summed E-state index contributed by atoms with van der Waals surface area (Å²) in [6.45, 7) is 25.5. The van der Waals surface area contributed by atoms with Gasteiger partial charge in [-0.15, -0.1) is 0 Å². The fourth-order valence-corrected chi connectivity index (χ4v) is 4.56. The minimum atomic E-state index is -0.968. The number of rotatable bonds is 6. The maximum Gasteiger partial charge on any atom is 0.336 e. The highest BCUT2D eigenvalue weighted by Gasteiger charge is 2.35. The van der Waals surface area contributed by atoms with E-state index in [0.717, 1.165) is 24.0 Å². The van der Waals surface area contributed by atoms with Crippen LogP contribution >= 0.6 is 0 Å². The Kier molecular flexibility index (Phi) is 7.45. The number of carbonyl (C=O) groups is 1. The lowest BCUT2D eigenvalue weighted by molar-refractivity contribution is 0.0697. The Balaban J connectivity index is 3.18. The van der Waals surface area contributed by atoms with Crippen LogP contribution in [0.1, 0.15) is 129 Å². The fraction of sp³-hybridized carbons (Fsp3) is 0.581. The van der Waals surface area contributed by atoms with E-state index in [2.05, 4.69) is 59.7 Å². The van der Waals surface area contributed by atoms with Crippen molar-refractivity contribution in [2.45, 2.75) is 118 Å². The zero-order valence-electron chi connectivity index (χ0n) is 23.5. The van der Waals surface area contributed by atoms with Crippen molar-refractivity contribution in [3.8, 4) is 16.9 Å². The van der Waals surface area contributed by atoms with E-state index >= 15 is 0 Å². The molecule has 0 aliphatic rings. The molecule has 2 aromatic rings. The first-order valence-corrected chi connectivity index (χ1v) is 12.6. The van der Waals surface area contributed by atoms with E-state index in [1.54, 1.807) is 6.07 Å². The quantitative estimate of drug-likeness (QED) is 0.447. The Hall–Kier alpha value is -2.29. The summed E-state index contributed by atoms with van der Waals surface area (Å²) in [6, 6.07) is 8.19. The molecule has 0 saturated carbocycles. The second-order valence-electron chi connectivity index (χ2n) is 13.1. The first-order valence-electron chi connectivity index (χ1n) is 12.6. The minimum Gasteiger partial charge on any atom is -0.507 e. The van der Waals surface area contributed by atoms with E-state index in [9.17, 15) is 15.0 Å². The van der Waals surface area contributed by atoms with Gasteiger partial charge >= 0.3 is 5.97 Å². The average molecular weight is 467 g/mol. The molecule has 3 heteroatoms. The van der Waals surface area contributed by atoms with Gasteiger partial charge in [-0.1, -0.05) is 101 Å². The Morgan fingerprint density at radius 2 is 1.29 bits per heavy atom. The molecule has 0 aliphatic heterocycles. The first-order chi connectivity index (χ1) is 15.3. The van der Waals surface area contributed by atoms with Crippen LogP contribution in [0, 0.1) is 0 Å². The van der Waals surface area contributed by atoms with Gasteiger partial charge in [0.05, 0.1) is 5.56 Å². The third kappa shape index (κ3) is 5.19. The summed E-state index contributed by atoms with van der Waals surface area (Å²) >= 11 is 0. The normalized spacial score (nSPS) is 13.3. The smallest absolute Gasteiger partial charge is 0.336 e. The summed E-state index contributed by atoms with van der Waals surface area (Å²) in [5, 5.41) is 22.0. The molecule has 0 atom stereocenters. The fourth-order valence-electron chi connectivity index (χ4n) is 4.56. The molecular weight excluding hydrogens is 420 g/mol. The van der Waals surface area contributed by atoms with Gasteiger partial charge < -0.3 is 10.2 Å². The van der Waals surface area contributed by atoms with Crippen LogP contribution in [-0.2, 0) is 21.7 Å². The average Bonchev–Trinajstić information content (AvgIpc) is 2.70. The van der Waals surface area contributed by atoms with Gasteiger partial charge in [0.1, 0.15) is 5.75 Å². The summed E-state index contributed by atoms with van der Waals surface area (Å²) in [5.74, 6) is -0.762. The summed E-state index contributed by atoms with van der Waals surface area (Å²) in [4.78, 5) is 12.7. The summed E-state index contributed by atoms with van der Waals surface area (Å²) in [6.07, 6.45) is 1.92. The zero-order chi connectivity index (χ0) is 26.4. The molecule has 0 bridgehead atoms. The minimum absolute atomic E-state index is 0.0117. The number of phenols is 1. The highest BCUT2D eigenvalue weighted by Crippen LogP contribution is 2.49. The number of carboxylic acid groups (broad SMARTS) is 1. The van der Waals surface area contributed by atoms with Crippen molar-refractivity contribution in [3.63, 3.8) is 0 Å². The topological polar surface area (TPSA) is 57.5 Å². The molecule has 0 heterocycles. The Morgan fingerprint density at radius 3 is 1.71 bits per heavy atom. The van der Waals surface area contributed by atoms with Crippen LogP contribution in [0.3, 0.4) is 0 Å². The lowest BCUT2D eigenvalue weighted by Crippen LogP contribution is -2.24. The SMILES string of the molecule is CCC(C)(C)c1ccc(-c2c(C(=O)O)cc(C(C)(C)C)c(O)c2C(C)(C)C)c(C(C)(C)CC)c1. The molecule has 0 aromatic heterocycles. The number of hydrogen-bond donors (Lipinski definition) is 2. The standard InChI is InChI=1S/C31H46O3/c1-13-30(9,10)19-15-16-20(22(17-19)31(11,12)14-2)24-21(27(33)34)18-23(28(3,4)5)26(32)25(24)29(6,7)8/h15-18,32H,13-14H2,1-12H3,(H,33,34). The van der Waals surface area contributed by atoms with Crippen LogP contribution in [0.25, 0.3) is 11.1 Å². The molecule has 0 spiro atoms. The van der Waals surface area contributed by atoms with E-state index in [1.807, 2.05) is 41.5 Å². The van der Waals surface area contributed by atoms with E-state index < -0.39 is 16.8 Å². The van der Waals surface area contributed by atoms with E-state index in [0.29, 0.717) is 16.7 Å². The summed E-state index contributed by atoms with van der Waals surface area (Å²) < 4.78 is 0. The molecule has 2 rings (SSSR count). The van der Waals surface area contributed by atoms with Crippen molar-refractivity contribution in [1.82, 2.24) is 0 Å². The molecule has 0 aliphatic carbocycles. The van der Waals surface area contributed by atoms with Gasteiger partial charge in [0, 0.05) is 16.7 Å². The van der Waals surface area contributed by atoms with E-state index in [4.69, 9.17) is 0 Å². The van der Waals surface area contributed by atoms with E-state index in [1.165, 1.54) is 5.56 Å². The molecule has 2 aromatic carbocycles. The summed E-state index contributed by atoms with van der Waals surface area (Å²) in [7, 11) is 0. The number of benzene rings is 2. The van der Waals surface area contributed by atoms with Gasteiger partial charge in [0.15, 0.2) is 0 Å². The van der Waals surface area contributed by atoms with Crippen LogP contribution in [0.15, 0.2) is 24.3 Å². The van der Waals surface area contributed by atoms with Crippen molar-refractivity contribution >= 4 is 5.97 Å². The van der Waals surface area contributed by atoms with E-state index in [-0.39, 0.29) is 22.1 Å². The molecule has 3 nitrogen and oxygen atoms in total. The Morgan fingerprint density at radius 1 is 0.765 bits per heavy atom. The largest absolute Gasteiger partial charge is 0.507 e. The second kappa shape index (κ2) is 9.06. The first kappa shape index (κ1) is 28.0. The van der Waals surface area contributed by atoms with Crippen molar-refractivity contribution in [2.24, 2.45) is 0 Å². The van der Waals surface area contributed by atoms with Crippen molar-refractivity contribution in [2.75, 3.05) is 0 Å². The van der Waals surface area contributed by atoms with Gasteiger partial charge in [-0.2, -0.15) is 0 Å². The van der Waals surface area contributed by atoms with Crippen LogP contribution in [0.4, 0.5) is 0 Å². The Bertz CT molecular complexity index is 1070. The molecule has 0 amide bonds. The molecule has 0 unspecified atom stereocenters. The Labute approximate surface area is 207 Å². The molecule has 0 fully saturated rings. The lowest BCUT2D eigenvalue weighted by atomic mass is 9.70. The highest BCUT2D eigenvalue weighted by atomic mass is 16.4. The van der Waals surface area contributed by atoms with Crippen LogP contribution in [-0.4, -0.2) is 16.2 Å². The van der Waals surface area contributed by atoms with Gasteiger partial charge in [-0.05, 0) is 57.3 Å². The number of phenolic OH excluding ortho intramolecular Hbond substituents is 1. The molecule has 0 saturated heterocycles. The molecule has 2 N–H and O–H groups in total. The van der Waals surface area contributed by atoms with Crippen molar-refractivity contribution in [1.29, 1.82) is 0 Å². The highest BCUT2D eigenvalue weighted by molar-refractivity contribution is 5.99. The maximum atomic E-state index is 12.7. The predicted octanol–water partition coefficient (Wildman–Crippen LogP) is 8.73. The maximum absolute atomic E-state index is 12.7. The molecular formula is C31H46O3. The molecule has 188 valence electrons. The lowest BCUT2D eigenvalue weighted by Gasteiger charge is -2.34. The van der Waals surface area contributed by atoms with Crippen LogP contribution in [0.5, 0.6) is 5.75 Å². The third-order valence-electron chi connectivity index (χ3n) is 7.66. The number of aromatic carboxylic acids is 1. The number of aromatic hydroxyl groups is 1. The van der Waals surface area contributed by atoms with Gasteiger partial charge in [-0.3, -0.25) is 0 Å². The van der Waals surface area contributed by atoms with Crippen molar-refractivity contribution in [3.05, 3.63) is 52.1 Å². The van der Waals surface area contributed by atoms with Crippen LogP contribution < -0.4 is 0 Å². The zero-order valence-corrected chi connectivity index (χ0v) is 23.5. The second-order valence-corrected chi connectivity index (χ2v) is 13.1. The van der Waals surface area contributed by atoms with Crippen LogP contribution in [0.2, 0.25) is 0 Å². The molecule has 0 radical (unpaired) electrons. The number of carboxylic acids is 1. The van der Waals surface area contributed by atoms with Gasteiger partial charge in [0.2, 0.25) is 0 Å². The van der Waals surface area contributed by atoms with Crippen molar-refractivity contribution < 1.29 is 15.0 Å². The van der Waals surface area contributed by atoms with Gasteiger partial charge in [0.25, 0.3) is 0 Å². The van der Waals surface area contributed by atoms with Gasteiger partial charge in [-0.25, -0.2) is 4.79 Å². The monoisotopic (exact) mass is 466 g/mol. The predicted molar refractivity (Wildman–Crippen MR) is 145 cm³/mol. The number of hydrogen-bond acceptors (Lipinski definition) is 2. The third-order valence-corrected chi connectivity index (χ3v) is 7.66. The summed E-state index contributed by atoms with van der Waals surface area (Å²) in [5.41, 5.74) is 4.53.